The van der Waals surface area contributed by atoms with Gasteiger partial charge >= 0.3 is 6.03 Å². The summed E-state index contributed by atoms with van der Waals surface area (Å²) in [7, 11) is 0. The molecule has 2 aliphatic heterocycles. The lowest BCUT2D eigenvalue weighted by Gasteiger charge is -2.57. The molecule has 4 heteroatoms. The van der Waals surface area contributed by atoms with Gasteiger partial charge in [0.05, 0.1) is 0 Å². The molecule has 1 N–H and O–H groups in total. The Morgan fingerprint density at radius 2 is 1.64 bits per heavy atom. The molecule has 6 aliphatic rings. The summed E-state index contributed by atoms with van der Waals surface area (Å²) in [4.78, 5) is 17.9. The highest BCUT2D eigenvalue weighted by atomic mass is 16.2. The zero-order valence-corrected chi connectivity index (χ0v) is 16.9. The SMILES string of the molecule is O=C(NC12CC3CC(CC(C3)C1)C2)N1CCC(N2CCc3ccccc3C2)C1. The summed E-state index contributed by atoms with van der Waals surface area (Å²) in [5, 5.41) is 3.57. The summed E-state index contributed by atoms with van der Waals surface area (Å²) in [5.41, 5.74) is 3.12. The van der Waals surface area contributed by atoms with Crippen molar-refractivity contribution in [2.75, 3.05) is 19.6 Å². The number of benzene rings is 1. The molecule has 0 spiro atoms. The molecule has 1 aromatic rings. The fourth-order valence-electron chi connectivity index (χ4n) is 7.62. The van der Waals surface area contributed by atoms with Crippen molar-refractivity contribution in [3.63, 3.8) is 0 Å². The van der Waals surface area contributed by atoms with Crippen LogP contribution >= 0.6 is 0 Å². The molecule has 4 aliphatic carbocycles. The highest BCUT2D eigenvalue weighted by Crippen LogP contribution is 2.55. The lowest BCUT2D eigenvalue weighted by atomic mass is 9.53. The van der Waals surface area contributed by atoms with Gasteiger partial charge in [-0.3, -0.25) is 4.90 Å². The van der Waals surface area contributed by atoms with Crippen molar-refractivity contribution in [3.8, 4) is 0 Å². The van der Waals surface area contributed by atoms with E-state index in [2.05, 4.69) is 39.4 Å². The Labute approximate surface area is 168 Å². The van der Waals surface area contributed by atoms with Crippen LogP contribution in [0.3, 0.4) is 0 Å². The molecule has 28 heavy (non-hydrogen) atoms. The van der Waals surface area contributed by atoms with E-state index in [1.54, 1.807) is 0 Å². The summed E-state index contributed by atoms with van der Waals surface area (Å²) in [6.45, 7) is 4.00. The quantitative estimate of drug-likeness (QED) is 0.848. The van der Waals surface area contributed by atoms with Crippen LogP contribution in [-0.4, -0.2) is 47.0 Å². The van der Waals surface area contributed by atoms with Crippen LogP contribution in [0.1, 0.15) is 56.1 Å². The number of amides is 2. The van der Waals surface area contributed by atoms with Crippen LogP contribution in [0, 0.1) is 17.8 Å². The van der Waals surface area contributed by atoms with Crippen LogP contribution in [0.4, 0.5) is 4.79 Å². The Bertz CT molecular complexity index is 740. The molecule has 5 fully saturated rings. The van der Waals surface area contributed by atoms with Crippen molar-refractivity contribution in [2.45, 2.75) is 69.5 Å². The number of fused-ring (bicyclic) bond motifs is 1. The first kappa shape index (κ1) is 17.3. The maximum atomic E-state index is 13.2. The Morgan fingerprint density at radius 3 is 2.36 bits per heavy atom. The van der Waals surface area contributed by atoms with Crippen LogP contribution in [0.2, 0.25) is 0 Å². The molecule has 1 aromatic carbocycles. The van der Waals surface area contributed by atoms with Crippen LogP contribution in [0.15, 0.2) is 24.3 Å². The van der Waals surface area contributed by atoms with Crippen molar-refractivity contribution in [2.24, 2.45) is 17.8 Å². The van der Waals surface area contributed by atoms with E-state index in [1.807, 2.05) is 0 Å². The van der Waals surface area contributed by atoms with Crippen molar-refractivity contribution >= 4 is 6.03 Å². The highest BCUT2D eigenvalue weighted by molar-refractivity contribution is 5.75. The fourth-order valence-corrected chi connectivity index (χ4v) is 7.62. The predicted octanol–water partition coefficient (Wildman–Crippen LogP) is 3.80. The number of carbonyl (C=O) groups is 1. The lowest BCUT2D eigenvalue weighted by Crippen LogP contribution is -2.61. The Hall–Kier alpha value is -1.55. The first-order chi connectivity index (χ1) is 13.7. The van der Waals surface area contributed by atoms with Gasteiger partial charge in [-0.15, -0.1) is 0 Å². The molecule has 1 saturated heterocycles. The smallest absolute Gasteiger partial charge is 0.317 e. The molecule has 7 rings (SSSR count). The number of hydrogen-bond acceptors (Lipinski definition) is 2. The van der Waals surface area contributed by atoms with E-state index >= 15 is 0 Å². The standard InChI is InChI=1S/C24H33N3O/c28-23(25-24-12-17-9-18(13-24)11-19(10-17)14-24)27-8-6-22(16-27)26-7-5-20-3-1-2-4-21(20)15-26/h1-4,17-19,22H,5-16H2,(H,25,28). The van der Waals surface area contributed by atoms with Crippen LogP contribution in [0.25, 0.3) is 0 Å². The van der Waals surface area contributed by atoms with E-state index < -0.39 is 0 Å². The van der Waals surface area contributed by atoms with Gasteiger partial charge < -0.3 is 10.2 Å². The topological polar surface area (TPSA) is 35.6 Å². The second-order valence-electron chi connectivity index (χ2n) is 10.5. The van der Waals surface area contributed by atoms with Crippen LogP contribution in [-0.2, 0) is 13.0 Å². The van der Waals surface area contributed by atoms with Gasteiger partial charge in [-0.2, -0.15) is 0 Å². The highest BCUT2D eigenvalue weighted by Gasteiger charge is 2.52. The molecule has 1 atom stereocenters. The summed E-state index contributed by atoms with van der Waals surface area (Å²) in [5.74, 6) is 2.64. The van der Waals surface area contributed by atoms with Gasteiger partial charge in [0.15, 0.2) is 0 Å². The molecule has 150 valence electrons. The lowest BCUT2D eigenvalue weighted by molar-refractivity contribution is -0.0154. The molecule has 0 aromatic heterocycles. The summed E-state index contributed by atoms with van der Waals surface area (Å²) >= 11 is 0. The molecular formula is C24H33N3O. The largest absolute Gasteiger partial charge is 0.333 e. The zero-order chi connectivity index (χ0) is 18.7. The van der Waals surface area contributed by atoms with E-state index in [4.69, 9.17) is 0 Å². The second kappa shape index (κ2) is 6.48. The normalized spacial score (nSPS) is 39.2. The molecule has 4 saturated carbocycles. The van der Waals surface area contributed by atoms with Gasteiger partial charge in [0.1, 0.15) is 0 Å². The van der Waals surface area contributed by atoms with Crippen molar-refractivity contribution in [1.82, 2.24) is 15.1 Å². The van der Waals surface area contributed by atoms with E-state index in [9.17, 15) is 4.79 Å². The first-order valence-corrected chi connectivity index (χ1v) is 11.5. The fraction of sp³-hybridized carbons (Fsp3) is 0.708. The number of carbonyl (C=O) groups excluding carboxylic acids is 1. The maximum absolute atomic E-state index is 13.2. The monoisotopic (exact) mass is 379 g/mol. The minimum atomic E-state index is 0.133. The van der Waals surface area contributed by atoms with E-state index in [-0.39, 0.29) is 11.6 Å². The number of rotatable bonds is 2. The molecule has 1 unspecified atom stereocenters. The zero-order valence-electron chi connectivity index (χ0n) is 16.9. The van der Waals surface area contributed by atoms with Crippen molar-refractivity contribution < 1.29 is 4.79 Å². The van der Waals surface area contributed by atoms with Gasteiger partial charge in [0.25, 0.3) is 0 Å². The maximum Gasteiger partial charge on any atom is 0.317 e. The van der Waals surface area contributed by atoms with E-state index in [0.717, 1.165) is 56.8 Å². The minimum Gasteiger partial charge on any atom is -0.333 e. The van der Waals surface area contributed by atoms with Crippen molar-refractivity contribution in [3.05, 3.63) is 35.4 Å². The van der Waals surface area contributed by atoms with Gasteiger partial charge in [-0.05, 0) is 80.2 Å². The van der Waals surface area contributed by atoms with Gasteiger partial charge in [0.2, 0.25) is 0 Å². The number of nitrogens with zero attached hydrogens (tertiary/aromatic N) is 2. The number of likely N-dealkylation sites (tertiary alicyclic amines) is 1. The first-order valence-electron chi connectivity index (χ1n) is 11.5. The van der Waals surface area contributed by atoms with Crippen LogP contribution < -0.4 is 5.32 Å². The molecule has 2 heterocycles. The third kappa shape index (κ3) is 2.96. The summed E-state index contributed by atoms with van der Waals surface area (Å²) in [6, 6.07) is 9.60. The summed E-state index contributed by atoms with van der Waals surface area (Å²) in [6.07, 6.45) is 10.3. The van der Waals surface area contributed by atoms with Crippen LogP contribution in [0.5, 0.6) is 0 Å². The molecule has 4 nitrogen and oxygen atoms in total. The molecule has 0 radical (unpaired) electrons. The Kier molecular flexibility index (Phi) is 4.01. The Balaban J connectivity index is 1.09. The van der Waals surface area contributed by atoms with Crippen molar-refractivity contribution in [1.29, 1.82) is 0 Å². The average Bonchev–Trinajstić information content (AvgIpc) is 3.16. The van der Waals surface area contributed by atoms with E-state index in [1.165, 1.54) is 49.7 Å². The molecule has 4 bridgehead atoms. The van der Waals surface area contributed by atoms with Gasteiger partial charge in [-0.25, -0.2) is 4.79 Å². The third-order valence-electron chi connectivity index (χ3n) is 8.54. The van der Waals surface area contributed by atoms with Gasteiger partial charge in [0, 0.05) is 37.8 Å². The average molecular weight is 380 g/mol. The summed E-state index contributed by atoms with van der Waals surface area (Å²) < 4.78 is 0. The number of hydrogen-bond donors (Lipinski definition) is 1. The minimum absolute atomic E-state index is 0.133. The van der Waals surface area contributed by atoms with Gasteiger partial charge in [-0.1, -0.05) is 24.3 Å². The molecular weight excluding hydrogens is 346 g/mol. The predicted molar refractivity (Wildman–Crippen MR) is 110 cm³/mol. The van der Waals surface area contributed by atoms with E-state index in [0.29, 0.717) is 6.04 Å². The third-order valence-corrected chi connectivity index (χ3v) is 8.54. The number of nitrogens with one attached hydrogen (secondary N) is 1. The number of urea groups is 1. The Morgan fingerprint density at radius 1 is 0.964 bits per heavy atom. The molecule has 2 amide bonds. The second-order valence-corrected chi connectivity index (χ2v) is 10.5.